The lowest BCUT2D eigenvalue weighted by molar-refractivity contribution is -0.0776. The van der Waals surface area contributed by atoms with Gasteiger partial charge >= 0.3 is 6.09 Å². The highest BCUT2D eigenvalue weighted by Crippen LogP contribution is 2.35. The highest BCUT2D eigenvalue weighted by Gasteiger charge is 2.14. The quantitative estimate of drug-likeness (QED) is 0.435. The molecule has 0 aliphatic rings. The van der Waals surface area contributed by atoms with Gasteiger partial charge in [0.15, 0.2) is 0 Å². The van der Waals surface area contributed by atoms with Gasteiger partial charge in [-0.15, -0.1) is 0 Å². The van der Waals surface area contributed by atoms with E-state index in [1.807, 2.05) is 54.6 Å². The first kappa shape index (κ1) is 22.9. The summed E-state index contributed by atoms with van der Waals surface area (Å²) >= 11 is 0. The maximum Gasteiger partial charge on any atom is 0.447 e. The Kier molecular flexibility index (Phi) is 7.86. The number of halogens is 1. The summed E-state index contributed by atoms with van der Waals surface area (Å²) in [5.74, 6) is 0.856. The van der Waals surface area contributed by atoms with Crippen LogP contribution in [0.15, 0.2) is 78.9 Å². The molecular weight excluding hydrogens is 409 g/mol. The van der Waals surface area contributed by atoms with Gasteiger partial charge in [-0.2, -0.15) is 0 Å². The molecule has 0 saturated heterocycles. The minimum atomic E-state index is -1.05. The number of nitrogens with zero attached hydrogens (tertiary/aromatic N) is 1. The molecule has 0 bridgehead atoms. The number of phenols is 1. The van der Waals surface area contributed by atoms with Crippen molar-refractivity contribution in [3.8, 4) is 11.5 Å². The van der Waals surface area contributed by atoms with Crippen LogP contribution in [0.2, 0.25) is 0 Å². The highest BCUT2D eigenvalue weighted by atomic mass is 19.3. The first-order valence-electron chi connectivity index (χ1n) is 10.4. The molecule has 32 heavy (non-hydrogen) atoms. The third-order valence-corrected chi connectivity index (χ3v) is 5.15. The number of carbonyl (C=O) groups is 1. The number of hydrogen-bond acceptors (Lipinski definition) is 4. The Hall–Kier alpha value is -3.80. The van der Waals surface area contributed by atoms with Gasteiger partial charge in [-0.1, -0.05) is 61.5 Å². The van der Waals surface area contributed by atoms with Crippen molar-refractivity contribution in [1.29, 1.82) is 0 Å². The number of amides is 1. The molecule has 0 spiro atoms. The van der Waals surface area contributed by atoms with Crippen molar-refractivity contribution in [1.82, 2.24) is 4.90 Å². The topological polar surface area (TPSA) is 59.0 Å². The summed E-state index contributed by atoms with van der Waals surface area (Å²) in [6.07, 6.45) is -0.226. The minimum absolute atomic E-state index is 0.192. The maximum absolute atomic E-state index is 11.9. The molecule has 0 unspecified atom stereocenters. The van der Waals surface area contributed by atoms with Gasteiger partial charge in [0.2, 0.25) is 0 Å². The second kappa shape index (κ2) is 11.0. The van der Waals surface area contributed by atoms with Gasteiger partial charge in [0.25, 0.3) is 0 Å². The van der Waals surface area contributed by atoms with Crippen molar-refractivity contribution in [2.45, 2.75) is 13.3 Å². The van der Waals surface area contributed by atoms with Gasteiger partial charge in [0, 0.05) is 11.6 Å². The predicted molar refractivity (Wildman–Crippen MR) is 123 cm³/mol. The van der Waals surface area contributed by atoms with Crippen LogP contribution in [0.5, 0.6) is 11.5 Å². The van der Waals surface area contributed by atoms with E-state index < -0.39 is 6.09 Å². The minimum Gasteiger partial charge on any atom is -0.508 e. The zero-order valence-corrected chi connectivity index (χ0v) is 18.1. The van der Waals surface area contributed by atoms with Crippen LogP contribution in [-0.4, -0.2) is 36.3 Å². The van der Waals surface area contributed by atoms with E-state index in [1.165, 1.54) is 12.6 Å². The summed E-state index contributed by atoms with van der Waals surface area (Å²) in [6, 6.07) is 25.1. The average molecular weight is 435 g/mol. The predicted octanol–water partition coefficient (Wildman–Crippen LogP) is 6.09. The SMILES string of the molecule is CC/C(=C(\c1ccc(O)cc1)c1ccc(OCCN(C)C(=O)OF)cc1)c1ccccc1. The molecule has 166 valence electrons. The zero-order valence-electron chi connectivity index (χ0n) is 18.1. The van der Waals surface area contributed by atoms with Crippen molar-refractivity contribution >= 4 is 17.2 Å². The van der Waals surface area contributed by atoms with E-state index in [0.29, 0.717) is 5.75 Å². The molecule has 0 radical (unpaired) electrons. The molecule has 0 aromatic heterocycles. The summed E-state index contributed by atoms with van der Waals surface area (Å²) in [7, 11) is 1.43. The van der Waals surface area contributed by atoms with Crippen molar-refractivity contribution in [3.05, 3.63) is 95.6 Å². The van der Waals surface area contributed by atoms with Crippen LogP contribution < -0.4 is 4.74 Å². The van der Waals surface area contributed by atoms with Crippen molar-refractivity contribution in [2.24, 2.45) is 0 Å². The van der Waals surface area contributed by atoms with Crippen LogP contribution in [-0.2, 0) is 4.94 Å². The van der Waals surface area contributed by atoms with Gasteiger partial charge in [0.05, 0.1) is 6.54 Å². The van der Waals surface area contributed by atoms with Crippen LogP contribution in [0, 0.1) is 0 Å². The summed E-state index contributed by atoms with van der Waals surface area (Å²) in [4.78, 5) is 15.4. The summed E-state index contributed by atoms with van der Waals surface area (Å²) in [6.45, 7) is 2.52. The molecular formula is C26H26FNO4. The van der Waals surface area contributed by atoms with Gasteiger partial charge < -0.3 is 14.7 Å². The zero-order chi connectivity index (χ0) is 22.9. The summed E-state index contributed by atoms with van der Waals surface area (Å²) < 4.78 is 17.6. The average Bonchev–Trinajstić information content (AvgIpc) is 2.83. The molecule has 3 rings (SSSR count). The Labute approximate surface area is 187 Å². The van der Waals surface area contributed by atoms with E-state index in [-0.39, 0.29) is 18.9 Å². The lowest BCUT2D eigenvalue weighted by Gasteiger charge is -2.17. The standard InChI is InChI=1S/C26H26FNO4/c1-3-24(19-7-5-4-6-8-19)25(20-9-13-22(29)14-10-20)21-11-15-23(16-12-21)31-18-17-28(2)26(30)32-27/h4-16,29H,3,17-18H2,1-2H3/b25-24-. The number of ether oxygens (including phenoxy) is 1. The Balaban J connectivity index is 1.90. The lowest BCUT2D eigenvalue weighted by atomic mass is 9.88. The van der Waals surface area contributed by atoms with Gasteiger partial charge in [-0.25, -0.2) is 9.74 Å². The Morgan fingerprint density at radius 2 is 1.50 bits per heavy atom. The molecule has 0 aliphatic heterocycles. The molecule has 3 aromatic rings. The molecule has 0 aliphatic carbocycles. The molecule has 6 heteroatoms. The van der Waals surface area contributed by atoms with E-state index in [2.05, 4.69) is 24.0 Å². The number of hydrogen-bond donors (Lipinski definition) is 1. The number of allylic oxidation sites excluding steroid dienone is 1. The number of phenolic OH excluding ortho intramolecular Hbond substituents is 1. The molecule has 0 saturated carbocycles. The smallest absolute Gasteiger partial charge is 0.447 e. The molecule has 1 N–H and O–H groups in total. The van der Waals surface area contributed by atoms with Crippen LogP contribution >= 0.6 is 0 Å². The first-order valence-corrected chi connectivity index (χ1v) is 10.4. The maximum atomic E-state index is 11.9. The number of carbonyl (C=O) groups excluding carboxylic acids is 1. The lowest BCUT2D eigenvalue weighted by Crippen LogP contribution is -2.29. The van der Waals surface area contributed by atoms with Crippen molar-refractivity contribution in [2.75, 3.05) is 20.2 Å². The fraction of sp³-hybridized carbons (Fsp3) is 0.192. The van der Waals surface area contributed by atoms with Crippen molar-refractivity contribution in [3.63, 3.8) is 0 Å². The van der Waals surface area contributed by atoms with E-state index in [9.17, 15) is 14.4 Å². The Morgan fingerprint density at radius 1 is 0.906 bits per heavy atom. The molecule has 3 aromatic carbocycles. The normalized spacial score (nSPS) is 11.5. The van der Waals surface area contributed by atoms with Gasteiger partial charge in [0.1, 0.15) is 18.1 Å². The van der Waals surface area contributed by atoms with Crippen LogP contribution in [0.25, 0.3) is 11.1 Å². The fourth-order valence-corrected chi connectivity index (χ4v) is 3.48. The van der Waals surface area contributed by atoms with E-state index in [4.69, 9.17) is 4.74 Å². The molecule has 0 heterocycles. The number of likely N-dealkylation sites (N-methyl/N-ethyl adjacent to an activating group) is 1. The largest absolute Gasteiger partial charge is 0.508 e. The second-order valence-electron chi connectivity index (χ2n) is 7.26. The second-order valence-corrected chi connectivity index (χ2v) is 7.26. The van der Waals surface area contributed by atoms with Crippen molar-refractivity contribution < 1.29 is 24.1 Å². The van der Waals surface area contributed by atoms with Gasteiger partial charge in [-0.05, 0) is 58.5 Å². The van der Waals surface area contributed by atoms with Crippen LogP contribution in [0.1, 0.15) is 30.0 Å². The van der Waals surface area contributed by atoms with Crippen LogP contribution in [0.3, 0.4) is 0 Å². The van der Waals surface area contributed by atoms with Crippen LogP contribution in [0.4, 0.5) is 9.32 Å². The third kappa shape index (κ3) is 5.66. The fourth-order valence-electron chi connectivity index (χ4n) is 3.48. The Bertz CT molecular complexity index is 1050. The first-order chi connectivity index (χ1) is 15.5. The van der Waals surface area contributed by atoms with E-state index >= 15 is 0 Å². The van der Waals surface area contributed by atoms with Gasteiger partial charge in [-0.3, -0.25) is 0 Å². The molecule has 0 fully saturated rings. The van der Waals surface area contributed by atoms with E-state index in [1.54, 1.807) is 12.1 Å². The Morgan fingerprint density at radius 3 is 2.06 bits per heavy atom. The highest BCUT2D eigenvalue weighted by molar-refractivity contribution is 5.98. The molecule has 1 amide bonds. The molecule has 5 nitrogen and oxygen atoms in total. The van der Waals surface area contributed by atoms with E-state index in [0.717, 1.165) is 33.6 Å². The third-order valence-electron chi connectivity index (χ3n) is 5.15. The number of benzene rings is 3. The monoisotopic (exact) mass is 435 g/mol. The number of aromatic hydroxyl groups is 1. The number of rotatable bonds is 8. The molecule has 0 atom stereocenters. The summed E-state index contributed by atoms with van der Waals surface area (Å²) in [5.41, 5.74) is 5.43. The summed E-state index contributed by atoms with van der Waals surface area (Å²) in [5, 5.41) is 9.74.